The van der Waals surface area contributed by atoms with Gasteiger partial charge >= 0.3 is 0 Å². The number of hydrogen-bond donors (Lipinski definition) is 1. The molecule has 0 amide bonds. The molecule has 0 spiro atoms. The predicted octanol–water partition coefficient (Wildman–Crippen LogP) is 1.75. The lowest BCUT2D eigenvalue weighted by molar-refractivity contribution is 0.0751. The Labute approximate surface area is 113 Å². The smallest absolute Gasteiger partial charge is 0.0615 e. The van der Waals surface area contributed by atoms with Gasteiger partial charge in [-0.2, -0.15) is 0 Å². The van der Waals surface area contributed by atoms with Gasteiger partial charge in [0.15, 0.2) is 0 Å². The first-order valence-electron chi connectivity index (χ1n) is 7.14. The third-order valence-electron chi connectivity index (χ3n) is 3.43. The van der Waals surface area contributed by atoms with Gasteiger partial charge in [-0.05, 0) is 19.8 Å². The van der Waals surface area contributed by atoms with Crippen LogP contribution in [0.1, 0.15) is 33.6 Å². The van der Waals surface area contributed by atoms with Gasteiger partial charge in [0, 0.05) is 45.9 Å². The van der Waals surface area contributed by atoms with E-state index in [2.05, 4.69) is 31.0 Å². The summed E-state index contributed by atoms with van der Waals surface area (Å²) in [7, 11) is 3.51. The molecule has 110 valence electrons. The van der Waals surface area contributed by atoms with Crippen molar-refractivity contribution in [2.75, 3.05) is 47.1 Å². The van der Waals surface area contributed by atoms with Gasteiger partial charge in [-0.1, -0.05) is 13.8 Å². The minimum Gasteiger partial charge on any atom is -0.383 e. The van der Waals surface area contributed by atoms with E-state index in [4.69, 9.17) is 9.47 Å². The number of methoxy groups -OCH3 is 2. The minimum atomic E-state index is 0.439. The van der Waals surface area contributed by atoms with E-state index in [1.807, 2.05) is 0 Å². The Bertz CT molecular complexity index is 175. The summed E-state index contributed by atoms with van der Waals surface area (Å²) in [5, 5.41) is 3.60. The fourth-order valence-corrected chi connectivity index (χ4v) is 2.10. The van der Waals surface area contributed by atoms with Crippen molar-refractivity contribution in [1.29, 1.82) is 0 Å². The second kappa shape index (κ2) is 11.9. The van der Waals surface area contributed by atoms with Gasteiger partial charge in [-0.15, -0.1) is 0 Å². The molecular weight excluding hydrogens is 228 g/mol. The fourth-order valence-electron chi connectivity index (χ4n) is 2.10. The summed E-state index contributed by atoms with van der Waals surface area (Å²) in [6.07, 6.45) is 2.39. The Morgan fingerprint density at radius 1 is 1.06 bits per heavy atom. The maximum Gasteiger partial charge on any atom is 0.0615 e. The normalized spacial score (nSPS) is 13.5. The lowest BCUT2D eigenvalue weighted by atomic mass is 10.2. The highest BCUT2D eigenvalue weighted by Gasteiger charge is 2.13. The minimum absolute atomic E-state index is 0.439. The fraction of sp³-hybridized carbons (Fsp3) is 1.00. The summed E-state index contributed by atoms with van der Waals surface area (Å²) in [6, 6.07) is 1.08. The molecule has 0 aromatic rings. The first kappa shape index (κ1) is 17.8. The van der Waals surface area contributed by atoms with E-state index >= 15 is 0 Å². The molecule has 1 atom stereocenters. The zero-order valence-corrected chi connectivity index (χ0v) is 12.9. The van der Waals surface area contributed by atoms with Gasteiger partial charge in [0.05, 0.1) is 13.2 Å². The van der Waals surface area contributed by atoms with E-state index in [0.29, 0.717) is 12.1 Å². The monoisotopic (exact) mass is 260 g/mol. The second-order valence-corrected chi connectivity index (χ2v) is 4.80. The molecule has 1 N–H and O–H groups in total. The van der Waals surface area contributed by atoms with E-state index in [-0.39, 0.29) is 0 Å². The quantitative estimate of drug-likeness (QED) is 0.579. The summed E-state index contributed by atoms with van der Waals surface area (Å²) in [5.74, 6) is 0. The molecule has 0 aliphatic rings. The number of nitrogens with zero attached hydrogens (tertiary/aromatic N) is 1. The molecule has 0 saturated carbocycles. The van der Waals surface area contributed by atoms with Crippen LogP contribution in [0, 0.1) is 0 Å². The molecule has 0 aromatic carbocycles. The van der Waals surface area contributed by atoms with Crippen LogP contribution in [0.15, 0.2) is 0 Å². The van der Waals surface area contributed by atoms with E-state index in [1.165, 1.54) is 12.8 Å². The highest BCUT2D eigenvalue weighted by Crippen LogP contribution is 2.00. The van der Waals surface area contributed by atoms with Crippen LogP contribution >= 0.6 is 0 Å². The highest BCUT2D eigenvalue weighted by atomic mass is 16.5. The Morgan fingerprint density at radius 2 is 1.72 bits per heavy atom. The Balaban J connectivity index is 3.98. The highest BCUT2D eigenvalue weighted by molar-refractivity contribution is 4.70. The van der Waals surface area contributed by atoms with Crippen LogP contribution in [0.3, 0.4) is 0 Å². The summed E-state index contributed by atoms with van der Waals surface area (Å²) in [6.45, 7) is 11.3. The molecule has 1 unspecified atom stereocenters. The molecule has 18 heavy (non-hydrogen) atoms. The van der Waals surface area contributed by atoms with Crippen molar-refractivity contribution in [3.05, 3.63) is 0 Å². The van der Waals surface area contributed by atoms with Gasteiger partial charge < -0.3 is 14.8 Å². The van der Waals surface area contributed by atoms with Crippen molar-refractivity contribution in [3.63, 3.8) is 0 Å². The predicted molar refractivity (Wildman–Crippen MR) is 77.2 cm³/mol. The van der Waals surface area contributed by atoms with Gasteiger partial charge in [-0.3, -0.25) is 4.90 Å². The largest absolute Gasteiger partial charge is 0.383 e. The first-order chi connectivity index (χ1) is 8.69. The molecule has 4 heteroatoms. The Hall–Kier alpha value is -0.160. The van der Waals surface area contributed by atoms with Crippen molar-refractivity contribution in [3.8, 4) is 0 Å². The zero-order chi connectivity index (χ0) is 13.8. The molecular formula is C14H32N2O2. The summed E-state index contributed by atoms with van der Waals surface area (Å²) < 4.78 is 10.4. The molecule has 0 fully saturated rings. The average molecular weight is 260 g/mol. The third-order valence-corrected chi connectivity index (χ3v) is 3.43. The van der Waals surface area contributed by atoms with Gasteiger partial charge in [0.25, 0.3) is 0 Å². The number of hydrogen-bond acceptors (Lipinski definition) is 4. The van der Waals surface area contributed by atoms with Crippen LogP contribution < -0.4 is 5.32 Å². The maximum absolute atomic E-state index is 5.23. The summed E-state index contributed by atoms with van der Waals surface area (Å²) in [4.78, 5) is 2.42. The van der Waals surface area contributed by atoms with Crippen molar-refractivity contribution < 1.29 is 9.47 Å². The maximum atomic E-state index is 5.23. The molecule has 0 heterocycles. The molecule has 0 aromatic heterocycles. The van der Waals surface area contributed by atoms with Crippen LogP contribution in [0.4, 0.5) is 0 Å². The van der Waals surface area contributed by atoms with Gasteiger partial charge in [0.2, 0.25) is 0 Å². The lowest BCUT2D eigenvalue weighted by Gasteiger charge is -2.29. The molecule has 0 radical (unpaired) electrons. The lowest BCUT2D eigenvalue weighted by Crippen LogP contribution is -2.43. The van der Waals surface area contributed by atoms with Gasteiger partial charge in [-0.25, -0.2) is 0 Å². The van der Waals surface area contributed by atoms with Crippen molar-refractivity contribution >= 4 is 0 Å². The van der Waals surface area contributed by atoms with E-state index < -0.39 is 0 Å². The molecule has 4 nitrogen and oxygen atoms in total. The molecule has 0 saturated heterocycles. The third kappa shape index (κ3) is 8.03. The zero-order valence-electron chi connectivity index (χ0n) is 12.9. The number of nitrogens with one attached hydrogen (secondary N) is 1. The SMILES string of the molecule is CCC(CC)NCCN(CCOC)C(C)COC. The van der Waals surface area contributed by atoms with Crippen molar-refractivity contribution in [2.24, 2.45) is 0 Å². The first-order valence-corrected chi connectivity index (χ1v) is 7.14. The standard InChI is InChI=1S/C14H32N2O2/c1-6-14(7-2)15-8-9-16(10-11-17-4)13(3)12-18-5/h13-15H,6-12H2,1-5H3. The number of ether oxygens (including phenoxy) is 2. The van der Waals surface area contributed by atoms with E-state index in [1.54, 1.807) is 14.2 Å². The molecule has 0 aliphatic carbocycles. The van der Waals surface area contributed by atoms with Crippen molar-refractivity contribution in [2.45, 2.75) is 45.7 Å². The summed E-state index contributed by atoms with van der Waals surface area (Å²) >= 11 is 0. The molecule has 0 bridgehead atoms. The molecule has 0 aliphatic heterocycles. The van der Waals surface area contributed by atoms with Gasteiger partial charge in [0.1, 0.15) is 0 Å². The van der Waals surface area contributed by atoms with Crippen LogP contribution in [0.2, 0.25) is 0 Å². The molecule has 0 rings (SSSR count). The Kier molecular flexibility index (Phi) is 11.8. The summed E-state index contributed by atoms with van der Waals surface area (Å²) in [5.41, 5.74) is 0. The van der Waals surface area contributed by atoms with E-state index in [0.717, 1.165) is 32.8 Å². The second-order valence-electron chi connectivity index (χ2n) is 4.80. The topological polar surface area (TPSA) is 33.7 Å². The Morgan fingerprint density at radius 3 is 2.22 bits per heavy atom. The van der Waals surface area contributed by atoms with Crippen LogP contribution in [-0.4, -0.2) is 64.1 Å². The van der Waals surface area contributed by atoms with E-state index in [9.17, 15) is 0 Å². The van der Waals surface area contributed by atoms with Crippen LogP contribution in [0.5, 0.6) is 0 Å². The van der Waals surface area contributed by atoms with Crippen LogP contribution in [0.25, 0.3) is 0 Å². The number of rotatable bonds is 12. The average Bonchev–Trinajstić information content (AvgIpc) is 2.38. The van der Waals surface area contributed by atoms with Crippen LogP contribution in [-0.2, 0) is 9.47 Å². The van der Waals surface area contributed by atoms with Crippen molar-refractivity contribution in [1.82, 2.24) is 10.2 Å².